The molecule has 0 aromatic heterocycles. The van der Waals surface area contributed by atoms with Gasteiger partial charge in [-0.15, -0.1) is 0 Å². The molecule has 0 aliphatic rings. The van der Waals surface area contributed by atoms with E-state index in [0.29, 0.717) is 11.8 Å². The van der Waals surface area contributed by atoms with Crippen molar-refractivity contribution in [3.63, 3.8) is 0 Å². The first-order chi connectivity index (χ1) is 10.9. The molecule has 2 aromatic rings. The first-order valence-corrected chi connectivity index (χ1v) is 6.33. The number of hydrogen-bond donors (Lipinski definition) is 2. The lowest BCUT2D eigenvalue weighted by Gasteiger charge is -2.10. The van der Waals surface area contributed by atoms with Gasteiger partial charge in [-0.1, -0.05) is 12.1 Å². The van der Waals surface area contributed by atoms with E-state index in [1.54, 1.807) is 18.2 Å². The second-order valence-corrected chi connectivity index (χ2v) is 4.33. The van der Waals surface area contributed by atoms with E-state index in [2.05, 4.69) is 5.32 Å². The lowest BCUT2D eigenvalue weighted by molar-refractivity contribution is -0.133. The van der Waals surface area contributed by atoms with Crippen molar-refractivity contribution >= 4 is 23.2 Å². The highest BCUT2D eigenvalue weighted by Crippen LogP contribution is 2.23. The van der Waals surface area contributed by atoms with Crippen LogP contribution < -0.4 is 15.4 Å². The van der Waals surface area contributed by atoms with E-state index in [-0.39, 0.29) is 5.69 Å². The average Bonchev–Trinajstić information content (AvgIpc) is 2.55. The first-order valence-electron chi connectivity index (χ1n) is 6.33. The third-order valence-corrected chi connectivity index (χ3v) is 2.84. The fraction of sp³-hybridized carbons (Fsp3) is 0.0667. The Morgan fingerprint density at radius 3 is 2.13 bits per heavy atom. The number of amides is 2. The van der Waals surface area contributed by atoms with Crippen LogP contribution in [0.5, 0.6) is 5.75 Å². The summed E-state index contributed by atoms with van der Waals surface area (Å²) in [5.74, 6) is -6.80. The fourth-order valence-electron chi connectivity index (χ4n) is 1.73. The average molecular weight is 324 g/mol. The summed E-state index contributed by atoms with van der Waals surface area (Å²) >= 11 is 0. The summed E-state index contributed by atoms with van der Waals surface area (Å²) in [5, 5.41) is 4.12. The van der Waals surface area contributed by atoms with Gasteiger partial charge in [-0.3, -0.25) is 9.59 Å². The molecule has 2 N–H and O–H groups in total. The predicted molar refractivity (Wildman–Crippen MR) is 76.6 cm³/mol. The standard InChI is InChI=1S/C15H11F3N2O3/c1-23-11-5-3-2-4-9(11)19-14(21)15(22)20-10-7-6-8(16)12(17)13(10)18/h2-7H,1H3,(H,19,21)(H,20,22). The summed E-state index contributed by atoms with van der Waals surface area (Å²) in [6.07, 6.45) is 0. The van der Waals surface area contributed by atoms with E-state index in [1.165, 1.54) is 13.2 Å². The largest absolute Gasteiger partial charge is 0.495 e. The number of nitrogens with one attached hydrogen (secondary N) is 2. The van der Waals surface area contributed by atoms with Crippen molar-refractivity contribution in [3.05, 3.63) is 53.8 Å². The summed E-state index contributed by atoms with van der Waals surface area (Å²) in [4.78, 5) is 23.5. The molecule has 120 valence electrons. The number of halogens is 3. The Bertz CT molecular complexity index is 766. The Morgan fingerprint density at radius 2 is 1.48 bits per heavy atom. The van der Waals surface area contributed by atoms with E-state index < -0.39 is 35.0 Å². The molecule has 0 radical (unpaired) electrons. The number of methoxy groups -OCH3 is 1. The molecule has 0 atom stereocenters. The van der Waals surface area contributed by atoms with Crippen molar-refractivity contribution in [2.45, 2.75) is 0 Å². The number of rotatable bonds is 3. The first kappa shape index (κ1) is 16.3. The normalized spacial score (nSPS) is 10.1. The van der Waals surface area contributed by atoms with Gasteiger partial charge in [0.25, 0.3) is 0 Å². The van der Waals surface area contributed by atoms with Crippen LogP contribution in [0.25, 0.3) is 0 Å². The van der Waals surface area contributed by atoms with Crippen LogP contribution in [0.2, 0.25) is 0 Å². The highest BCUT2D eigenvalue weighted by atomic mass is 19.2. The Kier molecular flexibility index (Phi) is 4.85. The van der Waals surface area contributed by atoms with Gasteiger partial charge in [-0.05, 0) is 24.3 Å². The van der Waals surface area contributed by atoms with Crippen LogP contribution in [0, 0.1) is 17.5 Å². The zero-order valence-electron chi connectivity index (χ0n) is 11.8. The van der Waals surface area contributed by atoms with Gasteiger partial charge in [0.2, 0.25) is 0 Å². The highest BCUT2D eigenvalue weighted by molar-refractivity contribution is 6.43. The van der Waals surface area contributed by atoms with Crippen molar-refractivity contribution in [3.8, 4) is 5.75 Å². The van der Waals surface area contributed by atoms with Crippen LogP contribution in [0.15, 0.2) is 36.4 Å². The van der Waals surface area contributed by atoms with E-state index in [0.717, 1.165) is 6.07 Å². The number of carbonyl (C=O) groups excluding carboxylic acids is 2. The van der Waals surface area contributed by atoms with E-state index in [9.17, 15) is 22.8 Å². The monoisotopic (exact) mass is 324 g/mol. The predicted octanol–water partition coefficient (Wildman–Crippen LogP) is 2.69. The van der Waals surface area contributed by atoms with Crippen LogP contribution >= 0.6 is 0 Å². The zero-order valence-corrected chi connectivity index (χ0v) is 11.8. The van der Waals surface area contributed by atoms with Gasteiger partial charge >= 0.3 is 11.8 Å². The van der Waals surface area contributed by atoms with Crippen LogP contribution in [0.1, 0.15) is 0 Å². The van der Waals surface area contributed by atoms with Crippen molar-refractivity contribution in [1.82, 2.24) is 0 Å². The molecule has 2 amide bonds. The topological polar surface area (TPSA) is 67.4 Å². The van der Waals surface area contributed by atoms with Gasteiger partial charge in [-0.2, -0.15) is 0 Å². The fourth-order valence-corrected chi connectivity index (χ4v) is 1.73. The van der Waals surface area contributed by atoms with Gasteiger partial charge in [0.05, 0.1) is 18.5 Å². The maximum Gasteiger partial charge on any atom is 0.314 e. The second-order valence-electron chi connectivity index (χ2n) is 4.33. The summed E-state index contributed by atoms with van der Waals surface area (Å²) in [6.45, 7) is 0. The number of para-hydroxylation sites is 2. The van der Waals surface area contributed by atoms with Crippen LogP contribution in [0.3, 0.4) is 0 Å². The van der Waals surface area contributed by atoms with Crippen LogP contribution in [0.4, 0.5) is 24.5 Å². The van der Waals surface area contributed by atoms with E-state index >= 15 is 0 Å². The summed E-state index contributed by atoms with van der Waals surface area (Å²) < 4.78 is 44.3. The van der Waals surface area contributed by atoms with Gasteiger partial charge in [-0.25, -0.2) is 13.2 Å². The van der Waals surface area contributed by atoms with Gasteiger partial charge in [0.1, 0.15) is 5.75 Å². The second kappa shape index (κ2) is 6.82. The molecule has 2 rings (SSSR count). The summed E-state index contributed by atoms with van der Waals surface area (Å²) in [7, 11) is 1.38. The molecule has 0 aliphatic heterocycles. The Balaban J connectivity index is 2.12. The molecular formula is C15H11F3N2O3. The van der Waals surface area contributed by atoms with Gasteiger partial charge < -0.3 is 15.4 Å². The molecule has 0 unspecified atom stereocenters. The molecule has 5 nitrogen and oxygen atoms in total. The molecule has 0 saturated heterocycles. The molecule has 0 spiro atoms. The Labute approximate surface area is 129 Å². The SMILES string of the molecule is COc1ccccc1NC(=O)C(=O)Nc1ccc(F)c(F)c1F. The number of carbonyl (C=O) groups is 2. The van der Waals surface area contributed by atoms with Crippen LogP contribution in [-0.4, -0.2) is 18.9 Å². The number of benzene rings is 2. The van der Waals surface area contributed by atoms with E-state index in [4.69, 9.17) is 4.74 Å². The van der Waals surface area contributed by atoms with Crippen molar-refractivity contribution in [1.29, 1.82) is 0 Å². The molecule has 0 saturated carbocycles. The molecule has 0 fully saturated rings. The number of anilines is 2. The minimum Gasteiger partial charge on any atom is -0.495 e. The summed E-state index contributed by atoms with van der Waals surface area (Å²) in [6, 6.07) is 7.75. The molecular weight excluding hydrogens is 313 g/mol. The maximum atomic E-state index is 13.5. The zero-order chi connectivity index (χ0) is 17.0. The summed E-state index contributed by atoms with van der Waals surface area (Å²) in [5.41, 5.74) is -0.426. The highest BCUT2D eigenvalue weighted by Gasteiger charge is 2.20. The molecule has 0 aliphatic carbocycles. The molecule has 2 aromatic carbocycles. The third-order valence-electron chi connectivity index (χ3n) is 2.84. The van der Waals surface area contributed by atoms with Crippen molar-refractivity contribution in [2.75, 3.05) is 17.7 Å². The lowest BCUT2D eigenvalue weighted by atomic mass is 10.2. The van der Waals surface area contributed by atoms with Crippen molar-refractivity contribution < 1.29 is 27.5 Å². The van der Waals surface area contributed by atoms with Gasteiger partial charge in [0.15, 0.2) is 17.5 Å². The van der Waals surface area contributed by atoms with E-state index in [1.807, 2.05) is 5.32 Å². The molecule has 8 heteroatoms. The molecule has 23 heavy (non-hydrogen) atoms. The quantitative estimate of drug-likeness (QED) is 0.674. The number of hydrogen-bond acceptors (Lipinski definition) is 3. The Hall–Kier alpha value is -3.03. The van der Waals surface area contributed by atoms with Crippen LogP contribution in [-0.2, 0) is 9.59 Å². The minimum absolute atomic E-state index is 0.223. The lowest BCUT2D eigenvalue weighted by Crippen LogP contribution is -2.29. The molecule has 0 heterocycles. The van der Waals surface area contributed by atoms with Gasteiger partial charge in [0, 0.05) is 0 Å². The minimum atomic E-state index is -1.74. The molecule has 0 bridgehead atoms. The third kappa shape index (κ3) is 3.60. The van der Waals surface area contributed by atoms with Crippen molar-refractivity contribution in [2.24, 2.45) is 0 Å². The smallest absolute Gasteiger partial charge is 0.314 e. The Morgan fingerprint density at radius 1 is 0.870 bits per heavy atom. The maximum absolute atomic E-state index is 13.5. The number of ether oxygens (including phenoxy) is 1.